The molecule has 1 aromatic heterocycles. The van der Waals surface area contributed by atoms with Crippen molar-refractivity contribution in [3.63, 3.8) is 0 Å². The molecule has 0 atom stereocenters. The summed E-state index contributed by atoms with van der Waals surface area (Å²) in [5.74, 6) is -0.719. The summed E-state index contributed by atoms with van der Waals surface area (Å²) in [5, 5.41) is 2.23. The van der Waals surface area contributed by atoms with Crippen LogP contribution in [0.2, 0.25) is 0 Å². The summed E-state index contributed by atoms with van der Waals surface area (Å²) in [6.45, 7) is 2.49. The van der Waals surface area contributed by atoms with Crippen LogP contribution in [-0.2, 0) is 27.7 Å². The van der Waals surface area contributed by atoms with Crippen LogP contribution in [0.5, 0.6) is 0 Å². The van der Waals surface area contributed by atoms with E-state index in [0.29, 0.717) is 11.3 Å². The van der Waals surface area contributed by atoms with Crippen molar-refractivity contribution in [3.8, 4) is 0 Å². The van der Waals surface area contributed by atoms with E-state index in [2.05, 4.69) is 10.5 Å². The zero-order valence-electron chi connectivity index (χ0n) is 17.7. The number of sulfonamides is 1. The van der Waals surface area contributed by atoms with E-state index in [0.717, 1.165) is 27.6 Å². The van der Waals surface area contributed by atoms with Gasteiger partial charge in [0.05, 0.1) is 19.2 Å². The molecule has 32 heavy (non-hydrogen) atoms. The average Bonchev–Trinajstić information content (AvgIpc) is 3.19. The Morgan fingerprint density at radius 2 is 1.75 bits per heavy atom. The predicted molar refractivity (Wildman–Crippen MR) is 125 cm³/mol. The van der Waals surface area contributed by atoms with Gasteiger partial charge in [-0.3, -0.25) is 0 Å². The summed E-state index contributed by atoms with van der Waals surface area (Å²) in [5.41, 5.74) is 1.03. The summed E-state index contributed by atoms with van der Waals surface area (Å²) in [6, 6.07) is 20.1. The lowest BCUT2D eigenvalue weighted by Gasteiger charge is -2.08. The van der Waals surface area contributed by atoms with Crippen molar-refractivity contribution in [3.05, 3.63) is 93.7 Å². The molecule has 3 aromatic carbocycles. The van der Waals surface area contributed by atoms with Crippen LogP contribution < -0.4 is 4.80 Å². The maximum absolute atomic E-state index is 13.2. The Morgan fingerprint density at radius 3 is 2.53 bits per heavy atom. The molecule has 4 aromatic rings. The summed E-state index contributed by atoms with van der Waals surface area (Å²) < 4.78 is 37.1. The molecule has 6 nitrogen and oxygen atoms in total. The number of carbonyl (C=O) groups excluding carboxylic acids is 1. The van der Waals surface area contributed by atoms with Crippen molar-refractivity contribution in [2.45, 2.75) is 24.8 Å². The van der Waals surface area contributed by atoms with Gasteiger partial charge in [0.25, 0.3) is 10.0 Å². The molecule has 0 fully saturated rings. The van der Waals surface area contributed by atoms with Crippen LogP contribution in [0.15, 0.2) is 82.2 Å². The van der Waals surface area contributed by atoms with Crippen LogP contribution in [0.4, 0.5) is 0 Å². The number of methoxy groups -OCH3 is 1. The number of aromatic nitrogens is 1. The summed E-state index contributed by atoms with van der Waals surface area (Å²) >= 11 is 1.33. The van der Waals surface area contributed by atoms with E-state index in [1.54, 1.807) is 12.1 Å². The van der Waals surface area contributed by atoms with E-state index in [4.69, 9.17) is 4.74 Å². The Hall–Kier alpha value is -3.23. The first kappa shape index (κ1) is 22.0. The number of ether oxygens (including phenoxy) is 1. The van der Waals surface area contributed by atoms with Crippen molar-refractivity contribution in [1.29, 1.82) is 0 Å². The number of thiazole rings is 1. The molecular formula is C24H22N2O4S2. The number of aryl methyl sites for hydroxylation is 1. The molecule has 4 rings (SSSR count). The van der Waals surface area contributed by atoms with Gasteiger partial charge < -0.3 is 9.30 Å². The fraction of sp³-hybridized carbons (Fsp3) is 0.167. The molecule has 0 saturated heterocycles. The van der Waals surface area contributed by atoms with Gasteiger partial charge in [-0.15, -0.1) is 15.7 Å². The van der Waals surface area contributed by atoms with E-state index in [1.807, 2.05) is 54.1 Å². The first-order valence-corrected chi connectivity index (χ1v) is 12.3. The first-order chi connectivity index (χ1) is 15.4. The van der Waals surface area contributed by atoms with Gasteiger partial charge in [-0.25, -0.2) is 4.79 Å². The SMILES string of the molecule is CCc1cn(Cc2cccc3ccccc23)/c(=N/S(=O)(=O)c2ccccc2C(=O)OC)s1. The lowest BCUT2D eigenvalue weighted by Crippen LogP contribution is -2.18. The van der Waals surface area contributed by atoms with Gasteiger partial charge >= 0.3 is 5.97 Å². The molecule has 0 aliphatic heterocycles. The molecule has 164 valence electrons. The number of nitrogens with zero attached hydrogens (tertiary/aromatic N) is 2. The molecule has 0 spiro atoms. The highest BCUT2D eigenvalue weighted by Crippen LogP contribution is 2.21. The van der Waals surface area contributed by atoms with Crippen molar-refractivity contribution >= 4 is 38.1 Å². The third kappa shape index (κ3) is 4.37. The molecule has 0 aliphatic rings. The predicted octanol–water partition coefficient (Wildman–Crippen LogP) is 4.39. The number of fused-ring (bicyclic) bond motifs is 1. The molecule has 0 bridgehead atoms. The Balaban J connectivity index is 1.83. The van der Waals surface area contributed by atoms with E-state index < -0.39 is 16.0 Å². The molecule has 0 saturated carbocycles. The second kappa shape index (κ2) is 9.10. The van der Waals surface area contributed by atoms with Crippen LogP contribution in [0.1, 0.15) is 27.7 Å². The van der Waals surface area contributed by atoms with E-state index in [9.17, 15) is 13.2 Å². The van der Waals surface area contributed by atoms with Crippen molar-refractivity contribution in [2.24, 2.45) is 4.40 Å². The molecule has 0 amide bonds. The second-order valence-corrected chi connectivity index (χ2v) is 9.82. The summed E-state index contributed by atoms with van der Waals surface area (Å²) in [6.07, 6.45) is 2.70. The number of carbonyl (C=O) groups is 1. The quantitative estimate of drug-likeness (QED) is 0.395. The first-order valence-electron chi connectivity index (χ1n) is 10.1. The molecule has 0 N–H and O–H groups in total. The number of benzene rings is 3. The Kier molecular flexibility index (Phi) is 6.25. The lowest BCUT2D eigenvalue weighted by molar-refractivity contribution is 0.0596. The molecule has 8 heteroatoms. The minimum absolute atomic E-state index is 0.0355. The third-order valence-electron chi connectivity index (χ3n) is 5.11. The Morgan fingerprint density at radius 1 is 1.03 bits per heavy atom. The van der Waals surface area contributed by atoms with Crippen LogP contribution in [0.3, 0.4) is 0 Å². The van der Waals surface area contributed by atoms with Crippen LogP contribution in [0.25, 0.3) is 10.8 Å². The van der Waals surface area contributed by atoms with Crippen LogP contribution in [-0.4, -0.2) is 26.1 Å². The van der Waals surface area contributed by atoms with Gasteiger partial charge in [-0.2, -0.15) is 8.42 Å². The van der Waals surface area contributed by atoms with Gasteiger partial charge in [0.2, 0.25) is 4.80 Å². The van der Waals surface area contributed by atoms with Gasteiger partial charge in [-0.1, -0.05) is 61.5 Å². The fourth-order valence-electron chi connectivity index (χ4n) is 3.52. The minimum atomic E-state index is -4.14. The summed E-state index contributed by atoms with van der Waals surface area (Å²) in [4.78, 5) is 13.3. The summed E-state index contributed by atoms with van der Waals surface area (Å²) in [7, 11) is -2.92. The second-order valence-electron chi connectivity index (χ2n) is 7.15. The average molecular weight is 467 g/mol. The van der Waals surface area contributed by atoms with Crippen molar-refractivity contribution in [2.75, 3.05) is 7.11 Å². The molecule has 0 unspecified atom stereocenters. The van der Waals surface area contributed by atoms with Gasteiger partial charge in [-0.05, 0) is 34.9 Å². The van der Waals surface area contributed by atoms with Gasteiger partial charge in [0.15, 0.2) is 0 Å². The van der Waals surface area contributed by atoms with E-state index in [-0.39, 0.29) is 10.5 Å². The van der Waals surface area contributed by atoms with E-state index in [1.165, 1.54) is 30.6 Å². The van der Waals surface area contributed by atoms with E-state index >= 15 is 0 Å². The fourth-order valence-corrected chi connectivity index (χ4v) is 5.84. The minimum Gasteiger partial charge on any atom is -0.465 e. The van der Waals surface area contributed by atoms with Gasteiger partial charge in [0, 0.05) is 11.1 Å². The van der Waals surface area contributed by atoms with Gasteiger partial charge in [0.1, 0.15) is 4.90 Å². The zero-order valence-corrected chi connectivity index (χ0v) is 19.3. The highest BCUT2D eigenvalue weighted by atomic mass is 32.2. The van der Waals surface area contributed by atoms with Crippen LogP contribution in [0, 0.1) is 0 Å². The Bertz CT molecular complexity index is 1460. The van der Waals surface area contributed by atoms with Crippen molar-refractivity contribution < 1.29 is 17.9 Å². The maximum atomic E-state index is 13.2. The lowest BCUT2D eigenvalue weighted by atomic mass is 10.0. The molecule has 1 heterocycles. The molecular weight excluding hydrogens is 444 g/mol. The standard InChI is InChI=1S/C24H22N2O4S2/c1-3-19-16-26(15-18-11-8-10-17-9-4-5-12-20(17)18)24(31-19)25-32(28,29)22-14-7-6-13-21(22)23(27)30-2/h4-14,16H,3,15H2,1-2H3/b25-24-. The monoisotopic (exact) mass is 466 g/mol. The van der Waals surface area contributed by atoms with Crippen LogP contribution >= 0.6 is 11.3 Å². The van der Waals surface area contributed by atoms with Crippen molar-refractivity contribution in [1.82, 2.24) is 4.57 Å². The Labute approximate surface area is 190 Å². The smallest absolute Gasteiger partial charge is 0.339 e. The highest BCUT2D eigenvalue weighted by Gasteiger charge is 2.22. The zero-order chi connectivity index (χ0) is 22.7. The normalized spacial score (nSPS) is 12.2. The molecule has 0 aliphatic carbocycles. The third-order valence-corrected chi connectivity index (χ3v) is 7.71. The maximum Gasteiger partial charge on any atom is 0.339 e. The number of hydrogen-bond acceptors (Lipinski definition) is 5. The number of hydrogen-bond donors (Lipinski definition) is 0. The largest absolute Gasteiger partial charge is 0.465 e. The highest BCUT2D eigenvalue weighted by molar-refractivity contribution is 7.90. The topological polar surface area (TPSA) is 77.7 Å². The molecule has 0 radical (unpaired) electrons. The number of rotatable bonds is 6. The number of esters is 1.